The van der Waals surface area contributed by atoms with Gasteiger partial charge >= 0.3 is 0 Å². The molecule has 0 atom stereocenters. The molecule has 31 heavy (non-hydrogen) atoms. The van der Waals surface area contributed by atoms with Gasteiger partial charge in [0.2, 0.25) is 5.91 Å². The fourth-order valence-corrected chi connectivity index (χ4v) is 4.16. The number of aryl methyl sites for hydroxylation is 2. The zero-order chi connectivity index (χ0) is 21.6. The standard InChI is InChI=1S/C24H27N5OS/c1-18-8-9-20(16-19(18)2)25-23(30)17-31-24-11-10-22(26-27-24)29-14-12-28(13-15-29)21-6-4-3-5-7-21/h3-11,16H,12-15,17H2,1-2H3,(H,25,30). The Bertz CT molecular complexity index is 1020. The topological polar surface area (TPSA) is 61.4 Å². The molecule has 7 heteroatoms. The smallest absolute Gasteiger partial charge is 0.234 e. The van der Waals surface area contributed by atoms with E-state index in [9.17, 15) is 4.79 Å². The average molecular weight is 434 g/mol. The van der Waals surface area contributed by atoms with E-state index >= 15 is 0 Å². The lowest BCUT2D eigenvalue weighted by molar-refractivity contribution is -0.113. The summed E-state index contributed by atoms with van der Waals surface area (Å²) in [4.78, 5) is 16.9. The highest BCUT2D eigenvalue weighted by molar-refractivity contribution is 7.99. The molecule has 1 aliphatic heterocycles. The van der Waals surface area contributed by atoms with Crippen LogP contribution >= 0.6 is 11.8 Å². The lowest BCUT2D eigenvalue weighted by Crippen LogP contribution is -2.46. The third-order valence-corrected chi connectivity index (χ3v) is 6.41. The van der Waals surface area contributed by atoms with Crippen LogP contribution in [0.3, 0.4) is 0 Å². The van der Waals surface area contributed by atoms with Gasteiger partial charge < -0.3 is 15.1 Å². The van der Waals surface area contributed by atoms with Crippen molar-refractivity contribution in [2.45, 2.75) is 18.9 Å². The predicted octanol–water partition coefficient (Wildman–Crippen LogP) is 4.15. The van der Waals surface area contributed by atoms with Crippen LogP contribution in [0.4, 0.5) is 17.2 Å². The second-order valence-corrected chi connectivity index (χ2v) is 8.67. The van der Waals surface area contributed by atoms with Crippen LogP contribution in [0.25, 0.3) is 0 Å². The number of hydrogen-bond donors (Lipinski definition) is 1. The fraction of sp³-hybridized carbons (Fsp3) is 0.292. The number of carbonyl (C=O) groups is 1. The highest BCUT2D eigenvalue weighted by Crippen LogP contribution is 2.21. The van der Waals surface area contributed by atoms with Crippen molar-refractivity contribution >= 4 is 34.9 Å². The molecule has 4 rings (SSSR count). The van der Waals surface area contributed by atoms with Crippen LogP contribution in [0, 0.1) is 13.8 Å². The molecular weight excluding hydrogens is 406 g/mol. The first-order valence-electron chi connectivity index (χ1n) is 10.5. The van der Waals surface area contributed by atoms with Crippen LogP contribution in [-0.2, 0) is 4.79 Å². The predicted molar refractivity (Wildman–Crippen MR) is 128 cm³/mol. The van der Waals surface area contributed by atoms with E-state index < -0.39 is 0 Å². The van der Waals surface area contributed by atoms with Gasteiger partial charge in [0.25, 0.3) is 0 Å². The van der Waals surface area contributed by atoms with Gasteiger partial charge in [0, 0.05) is 37.6 Å². The minimum atomic E-state index is -0.0452. The van der Waals surface area contributed by atoms with Gasteiger partial charge in [-0.3, -0.25) is 4.79 Å². The Morgan fingerprint density at radius 1 is 0.903 bits per heavy atom. The van der Waals surface area contributed by atoms with Gasteiger partial charge in [-0.15, -0.1) is 10.2 Å². The largest absolute Gasteiger partial charge is 0.368 e. The number of hydrogen-bond acceptors (Lipinski definition) is 6. The van der Waals surface area contributed by atoms with Crippen LogP contribution in [0.2, 0.25) is 0 Å². The molecule has 1 aromatic heterocycles. The molecule has 1 saturated heterocycles. The van der Waals surface area contributed by atoms with E-state index in [4.69, 9.17) is 0 Å². The molecule has 2 aromatic carbocycles. The molecular formula is C24H27N5OS. The van der Waals surface area contributed by atoms with E-state index in [0.29, 0.717) is 5.75 Å². The van der Waals surface area contributed by atoms with E-state index in [1.165, 1.54) is 23.0 Å². The maximum atomic E-state index is 12.3. The number of rotatable bonds is 6. The second kappa shape index (κ2) is 9.83. The summed E-state index contributed by atoms with van der Waals surface area (Å²) in [5, 5.41) is 12.4. The molecule has 6 nitrogen and oxygen atoms in total. The first-order chi connectivity index (χ1) is 15.1. The maximum absolute atomic E-state index is 12.3. The number of amides is 1. The number of thioether (sulfide) groups is 1. The minimum absolute atomic E-state index is 0.0452. The van der Waals surface area contributed by atoms with Gasteiger partial charge in [0.1, 0.15) is 5.03 Å². The van der Waals surface area contributed by atoms with Crippen LogP contribution in [0.5, 0.6) is 0 Å². The van der Waals surface area contributed by atoms with E-state index in [2.05, 4.69) is 56.5 Å². The van der Waals surface area contributed by atoms with Gasteiger partial charge in [0.05, 0.1) is 5.75 Å². The summed E-state index contributed by atoms with van der Waals surface area (Å²) in [5.41, 5.74) is 4.46. The van der Waals surface area contributed by atoms with Crippen molar-refractivity contribution in [3.05, 3.63) is 71.8 Å². The van der Waals surface area contributed by atoms with Gasteiger partial charge in [-0.2, -0.15) is 0 Å². The van der Waals surface area contributed by atoms with E-state index in [1.807, 2.05) is 43.3 Å². The molecule has 1 fully saturated rings. The Balaban J connectivity index is 1.25. The molecule has 0 radical (unpaired) electrons. The number of aromatic nitrogens is 2. The van der Waals surface area contributed by atoms with Crippen LogP contribution in [-0.4, -0.2) is 48.0 Å². The number of nitrogens with one attached hydrogen (secondary N) is 1. The van der Waals surface area contributed by atoms with Crippen molar-refractivity contribution in [1.82, 2.24) is 10.2 Å². The molecule has 0 bridgehead atoms. The van der Waals surface area contributed by atoms with Crippen molar-refractivity contribution in [3.8, 4) is 0 Å². The third-order valence-electron chi connectivity index (χ3n) is 5.49. The minimum Gasteiger partial charge on any atom is -0.368 e. The summed E-state index contributed by atoms with van der Waals surface area (Å²) >= 11 is 1.40. The summed E-state index contributed by atoms with van der Waals surface area (Å²) in [7, 11) is 0. The molecule has 0 aliphatic carbocycles. The number of benzene rings is 2. The van der Waals surface area contributed by atoms with Crippen molar-refractivity contribution in [2.24, 2.45) is 0 Å². The molecule has 2 heterocycles. The van der Waals surface area contributed by atoms with Gasteiger partial charge in [-0.1, -0.05) is 36.0 Å². The highest BCUT2D eigenvalue weighted by Gasteiger charge is 2.18. The molecule has 3 aromatic rings. The van der Waals surface area contributed by atoms with Gasteiger partial charge in [0.15, 0.2) is 5.82 Å². The second-order valence-electron chi connectivity index (χ2n) is 7.68. The molecule has 1 N–H and O–H groups in total. The Labute approximate surface area is 187 Å². The summed E-state index contributed by atoms with van der Waals surface area (Å²) in [6.45, 7) is 7.84. The van der Waals surface area contributed by atoms with Crippen LogP contribution in [0.15, 0.2) is 65.7 Å². The third kappa shape index (κ3) is 5.55. The van der Waals surface area contributed by atoms with Crippen molar-refractivity contribution in [1.29, 1.82) is 0 Å². The first kappa shape index (κ1) is 21.2. The Morgan fingerprint density at radius 3 is 2.32 bits per heavy atom. The molecule has 0 unspecified atom stereocenters. The van der Waals surface area contributed by atoms with Gasteiger partial charge in [-0.25, -0.2) is 0 Å². The van der Waals surface area contributed by atoms with E-state index in [0.717, 1.165) is 48.3 Å². The van der Waals surface area contributed by atoms with Crippen LogP contribution < -0.4 is 15.1 Å². The Kier molecular flexibility index (Phi) is 6.72. The molecule has 0 spiro atoms. The normalized spacial score (nSPS) is 13.9. The fourth-order valence-electron chi connectivity index (χ4n) is 3.55. The monoisotopic (exact) mass is 433 g/mol. The number of nitrogens with zero attached hydrogens (tertiary/aromatic N) is 4. The number of anilines is 3. The van der Waals surface area contributed by atoms with Crippen molar-refractivity contribution in [2.75, 3.05) is 47.0 Å². The molecule has 1 amide bonds. The maximum Gasteiger partial charge on any atom is 0.234 e. The van der Waals surface area contributed by atoms with Gasteiger partial charge in [-0.05, 0) is 61.4 Å². The Hall–Kier alpha value is -3.06. The zero-order valence-corrected chi connectivity index (χ0v) is 18.7. The number of piperazine rings is 1. The molecule has 1 aliphatic rings. The first-order valence-corrected chi connectivity index (χ1v) is 11.5. The van der Waals surface area contributed by atoms with E-state index in [-0.39, 0.29) is 5.91 Å². The SMILES string of the molecule is Cc1ccc(NC(=O)CSc2ccc(N3CCN(c4ccccc4)CC3)nn2)cc1C. The zero-order valence-electron chi connectivity index (χ0n) is 17.9. The highest BCUT2D eigenvalue weighted by atomic mass is 32.2. The summed E-state index contributed by atoms with van der Waals surface area (Å²) in [6, 6.07) is 20.4. The lowest BCUT2D eigenvalue weighted by atomic mass is 10.1. The summed E-state index contributed by atoms with van der Waals surface area (Å²) in [6.07, 6.45) is 0. The van der Waals surface area contributed by atoms with Crippen molar-refractivity contribution in [3.63, 3.8) is 0 Å². The molecule has 160 valence electrons. The van der Waals surface area contributed by atoms with Crippen molar-refractivity contribution < 1.29 is 4.79 Å². The summed E-state index contributed by atoms with van der Waals surface area (Å²) in [5.74, 6) is 1.14. The number of carbonyl (C=O) groups excluding carboxylic acids is 1. The molecule has 0 saturated carbocycles. The van der Waals surface area contributed by atoms with E-state index in [1.54, 1.807) is 0 Å². The van der Waals surface area contributed by atoms with Crippen LogP contribution in [0.1, 0.15) is 11.1 Å². The number of para-hydroxylation sites is 1. The average Bonchev–Trinajstić information content (AvgIpc) is 2.81. The Morgan fingerprint density at radius 2 is 1.65 bits per heavy atom. The quantitative estimate of drug-likeness (QED) is 0.589. The summed E-state index contributed by atoms with van der Waals surface area (Å²) < 4.78 is 0. The lowest BCUT2D eigenvalue weighted by Gasteiger charge is -2.36.